The smallest absolute Gasteiger partial charge is 0.343 e. The Morgan fingerprint density at radius 1 is 1.35 bits per heavy atom. The second kappa shape index (κ2) is 4.93. The van der Waals surface area contributed by atoms with Gasteiger partial charge in [-0.1, -0.05) is 18.2 Å². The van der Waals surface area contributed by atoms with E-state index in [1.54, 1.807) is 37.3 Å². The molecule has 0 fully saturated rings. The van der Waals surface area contributed by atoms with Gasteiger partial charge in [0.05, 0.1) is 11.7 Å². The number of benzene rings is 1. The highest BCUT2D eigenvalue weighted by Gasteiger charge is 2.22. The molecule has 0 aromatic heterocycles. The number of esters is 1. The van der Waals surface area contributed by atoms with Crippen LogP contribution in [0.4, 0.5) is 0 Å². The maximum Gasteiger partial charge on any atom is 0.343 e. The van der Waals surface area contributed by atoms with Gasteiger partial charge in [0.1, 0.15) is 6.61 Å². The summed E-state index contributed by atoms with van der Waals surface area (Å²) >= 11 is 0. The fraction of sp³-hybridized carbons (Fsp3) is 0.231. The SMILES string of the molecule is C[C@H]1C=C(OC(=O)c2ccccc2)C(=O)CO1. The van der Waals surface area contributed by atoms with Crippen LogP contribution in [0, 0.1) is 0 Å². The molecule has 0 N–H and O–H groups in total. The molecule has 1 atom stereocenters. The van der Waals surface area contributed by atoms with Crippen molar-refractivity contribution < 1.29 is 19.1 Å². The molecule has 0 spiro atoms. The van der Waals surface area contributed by atoms with Crippen LogP contribution in [-0.4, -0.2) is 24.5 Å². The summed E-state index contributed by atoms with van der Waals surface area (Å²) in [5.41, 5.74) is 0.417. The Kier molecular flexibility index (Phi) is 3.35. The lowest BCUT2D eigenvalue weighted by Gasteiger charge is -2.17. The van der Waals surface area contributed by atoms with Crippen LogP contribution in [0.1, 0.15) is 17.3 Å². The fourth-order valence-electron chi connectivity index (χ4n) is 1.46. The lowest BCUT2D eigenvalue weighted by molar-refractivity contribution is -0.125. The maximum atomic E-state index is 11.7. The molecule has 17 heavy (non-hydrogen) atoms. The van der Waals surface area contributed by atoms with Crippen molar-refractivity contribution in [2.75, 3.05) is 6.61 Å². The predicted molar refractivity (Wildman–Crippen MR) is 60.4 cm³/mol. The van der Waals surface area contributed by atoms with Crippen molar-refractivity contribution in [2.45, 2.75) is 13.0 Å². The minimum Gasteiger partial charge on any atom is -0.419 e. The highest BCUT2D eigenvalue weighted by atomic mass is 16.5. The largest absolute Gasteiger partial charge is 0.419 e. The average molecular weight is 232 g/mol. The van der Waals surface area contributed by atoms with Gasteiger partial charge in [-0.05, 0) is 25.1 Å². The first-order valence-corrected chi connectivity index (χ1v) is 5.30. The van der Waals surface area contributed by atoms with Gasteiger partial charge < -0.3 is 9.47 Å². The number of carbonyl (C=O) groups excluding carboxylic acids is 2. The first kappa shape index (κ1) is 11.5. The van der Waals surface area contributed by atoms with Gasteiger partial charge in [-0.25, -0.2) is 4.79 Å². The number of rotatable bonds is 2. The lowest BCUT2D eigenvalue weighted by atomic mass is 10.2. The van der Waals surface area contributed by atoms with Crippen LogP contribution < -0.4 is 0 Å². The lowest BCUT2D eigenvalue weighted by Crippen LogP contribution is -2.25. The summed E-state index contributed by atoms with van der Waals surface area (Å²) in [6.07, 6.45) is 1.29. The summed E-state index contributed by atoms with van der Waals surface area (Å²) in [6.45, 7) is 1.73. The molecule has 2 rings (SSSR count). The second-order valence-corrected chi connectivity index (χ2v) is 3.73. The van der Waals surface area contributed by atoms with E-state index >= 15 is 0 Å². The average Bonchev–Trinajstić information content (AvgIpc) is 2.35. The number of carbonyl (C=O) groups is 2. The minimum absolute atomic E-state index is 0.0466. The molecule has 0 aliphatic carbocycles. The summed E-state index contributed by atoms with van der Waals surface area (Å²) in [7, 11) is 0. The van der Waals surface area contributed by atoms with Crippen LogP contribution in [0.3, 0.4) is 0 Å². The Balaban J connectivity index is 2.11. The fourth-order valence-corrected chi connectivity index (χ4v) is 1.46. The first-order valence-electron chi connectivity index (χ1n) is 5.30. The molecule has 0 saturated heterocycles. The first-order chi connectivity index (χ1) is 8.16. The van der Waals surface area contributed by atoms with Crippen molar-refractivity contribution >= 4 is 11.8 Å². The van der Waals surface area contributed by atoms with Crippen LogP contribution in [-0.2, 0) is 14.3 Å². The van der Waals surface area contributed by atoms with Gasteiger partial charge in [-0.15, -0.1) is 0 Å². The summed E-state index contributed by atoms with van der Waals surface area (Å²) in [4.78, 5) is 23.1. The Hall–Kier alpha value is -1.94. The van der Waals surface area contributed by atoms with Crippen molar-refractivity contribution in [1.82, 2.24) is 0 Å². The molecule has 1 aliphatic rings. The minimum atomic E-state index is -0.528. The third-order valence-corrected chi connectivity index (χ3v) is 2.35. The second-order valence-electron chi connectivity index (χ2n) is 3.73. The molecule has 0 bridgehead atoms. The zero-order valence-corrected chi connectivity index (χ0v) is 9.38. The van der Waals surface area contributed by atoms with Gasteiger partial charge in [0.15, 0.2) is 5.76 Å². The van der Waals surface area contributed by atoms with Gasteiger partial charge in [0.25, 0.3) is 0 Å². The molecule has 4 nitrogen and oxygen atoms in total. The molecule has 1 heterocycles. The van der Waals surface area contributed by atoms with Crippen molar-refractivity contribution in [1.29, 1.82) is 0 Å². The summed E-state index contributed by atoms with van der Waals surface area (Å²) in [5, 5.41) is 0. The number of hydrogen-bond acceptors (Lipinski definition) is 4. The molecular formula is C13H12O4. The molecule has 88 valence electrons. The molecule has 1 aromatic rings. The number of ether oxygens (including phenoxy) is 2. The van der Waals surface area contributed by atoms with Crippen molar-refractivity contribution in [3.05, 3.63) is 47.7 Å². The van der Waals surface area contributed by atoms with Gasteiger partial charge in [-0.3, -0.25) is 4.79 Å². The summed E-state index contributed by atoms with van der Waals surface area (Å²) in [6, 6.07) is 8.54. The molecular weight excluding hydrogens is 220 g/mol. The van der Waals surface area contributed by atoms with Crippen LogP contribution in [0.5, 0.6) is 0 Å². The molecule has 0 radical (unpaired) electrons. The van der Waals surface area contributed by atoms with E-state index in [2.05, 4.69) is 0 Å². The molecule has 0 saturated carbocycles. The number of Topliss-reactive ketones (excluding diaryl/α,β-unsaturated/α-hetero) is 1. The van der Waals surface area contributed by atoms with Gasteiger partial charge >= 0.3 is 5.97 Å². The Morgan fingerprint density at radius 2 is 2.06 bits per heavy atom. The molecule has 1 aromatic carbocycles. The number of hydrogen-bond donors (Lipinski definition) is 0. The van der Waals surface area contributed by atoms with E-state index in [9.17, 15) is 9.59 Å². The normalized spacial score (nSPS) is 19.7. The molecule has 0 amide bonds. The Bertz CT molecular complexity index is 462. The molecule has 1 aliphatic heterocycles. The summed E-state index contributed by atoms with van der Waals surface area (Å²) < 4.78 is 10.1. The third-order valence-electron chi connectivity index (χ3n) is 2.35. The van der Waals surface area contributed by atoms with E-state index in [0.29, 0.717) is 5.56 Å². The van der Waals surface area contributed by atoms with E-state index in [0.717, 1.165) is 0 Å². The predicted octanol–water partition coefficient (Wildman–Crippen LogP) is 1.72. The van der Waals surface area contributed by atoms with Crippen LogP contribution in [0.25, 0.3) is 0 Å². The van der Waals surface area contributed by atoms with Gasteiger partial charge in [0.2, 0.25) is 5.78 Å². The Morgan fingerprint density at radius 3 is 2.76 bits per heavy atom. The van der Waals surface area contributed by atoms with Crippen molar-refractivity contribution in [3.63, 3.8) is 0 Å². The van der Waals surface area contributed by atoms with E-state index in [1.165, 1.54) is 6.08 Å². The summed E-state index contributed by atoms with van der Waals surface area (Å²) in [5.74, 6) is -0.774. The zero-order valence-electron chi connectivity index (χ0n) is 9.38. The topological polar surface area (TPSA) is 52.6 Å². The highest BCUT2D eigenvalue weighted by molar-refractivity contribution is 6.00. The Labute approximate surface area is 98.8 Å². The van der Waals surface area contributed by atoms with E-state index in [-0.39, 0.29) is 24.3 Å². The third kappa shape index (κ3) is 2.79. The molecule has 0 unspecified atom stereocenters. The zero-order chi connectivity index (χ0) is 12.3. The van der Waals surface area contributed by atoms with Gasteiger partial charge in [0, 0.05) is 0 Å². The maximum absolute atomic E-state index is 11.7. The van der Waals surface area contributed by atoms with Crippen LogP contribution in [0.15, 0.2) is 42.2 Å². The van der Waals surface area contributed by atoms with Crippen LogP contribution in [0.2, 0.25) is 0 Å². The van der Waals surface area contributed by atoms with E-state index in [1.807, 2.05) is 0 Å². The van der Waals surface area contributed by atoms with Gasteiger partial charge in [-0.2, -0.15) is 0 Å². The quantitative estimate of drug-likeness (QED) is 0.728. The number of ketones is 1. The van der Waals surface area contributed by atoms with Crippen molar-refractivity contribution in [2.24, 2.45) is 0 Å². The standard InChI is InChI=1S/C13H12O4/c1-9-7-12(11(14)8-16-9)17-13(15)10-5-3-2-4-6-10/h2-7,9H,8H2,1H3/t9-/m0/s1. The van der Waals surface area contributed by atoms with Crippen LogP contribution >= 0.6 is 0 Å². The van der Waals surface area contributed by atoms with E-state index in [4.69, 9.17) is 9.47 Å². The molecule has 4 heteroatoms. The van der Waals surface area contributed by atoms with Crippen molar-refractivity contribution in [3.8, 4) is 0 Å². The highest BCUT2D eigenvalue weighted by Crippen LogP contribution is 2.13. The monoisotopic (exact) mass is 232 g/mol. The van der Waals surface area contributed by atoms with E-state index < -0.39 is 5.97 Å².